The maximum absolute atomic E-state index is 12.6. The van der Waals surface area contributed by atoms with Gasteiger partial charge in [-0.15, -0.1) is 0 Å². The van der Waals surface area contributed by atoms with Crippen LogP contribution < -0.4 is 4.74 Å². The van der Waals surface area contributed by atoms with E-state index in [-0.39, 0.29) is 12.5 Å². The third-order valence-electron chi connectivity index (χ3n) is 4.42. The third kappa shape index (κ3) is 3.23. The van der Waals surface area contributed by atoms with Crippen molar-refractivity contribution in [3.05, 3.63) is 24.0 Å². The van der Waals surface area contributed by atoms with E-state index in [4.69, 9.17) is 4.74 Å². The lowest BCUT2D eigenvalue weighted by atomic mass is 9.74. The van der Waals surface area contributed by atoms with Crippen molar-refractivity contribution in [1.29, 1.82) is 0 Å². The first-order chi connectivity index (χ1) is 10.6. The van der Waals surface area contributed by atoms with Gasteiger partial charge in [-0.25, -0.2) is 0 Å². The molecule has 1 aliphatic rings. The van der Waals surface area contributed by atoms with Crippen molar-refractivity contribution < 1.29 is 19.7 Å². The molecule has 1 amide bonds. The molecule has 0 bridgehead atoms. The predicted molar refractivity (Wildman–Crippen MR) is 81.7 cm³/mol. The zero-order valence-electron chi connectivity index (χ0n) is 13.2. The molecule has 2 atom stereocenters. The summed E-state index contributed by atoms with van der Waals surface area (Å²) in [5.74, 6) is 0.386. The van der Waals surface area contributed by atoms with E-state index in [1.165, 1.54) is 6.20 Å². The summed E-state index contributed by atoms with van der Waals surface area (Å²) in [7, 11) is 1.54. The predicted octanol–water partition coefficient (Wildman–Crippen LogP) is 1.08. The number of hydrogen-bond donors (Lipinski definition) is 2. The highest BCUT2D eigenvalue weighted by atomic mass is 16.5. The number of amides is 1. The molecular formula is C16H24N2O4. The van der Waals surface area contributed by atoms with E-state index in [2.05, 4.69) is 4.98 Å². The second-order valence-electron chi connectivity index (χ2n) is 5.88. The molecule has 0 unspecified atom stereocenters. The van der Waals surface area contributed by atoms with Crippen LogP contribution in [0.2, 0.25) is 0 Å². The molecule has 0 spiro atoms. The quantitative estimate of drug-likeness (QED) is 0.850. The molecule has 6 nitrogen and oxygen atoms in total. The van der Waals surface area contributed by atoms with Crippen molar-refractivity contribution >= 4 is 5.91 Å². The summed E-state index contributed by atoms with van der Waals surface area (Å²) in [5, 5.41) is 20.0. The Labute approximate surface area is 130 Å². The van der Waals surface area contributed by atoms with Gasteiger partial charge in [-0.05, 0) is 18.9 Å². The zero-order chi connectivity index (χ0) is 16.2. The summed E-state index contributed by atoms with van der Waals surface area (Å²) < 4.78 is 5.12. The Morgan fingerprint density at radius 2 is 2.36 bits per heavy atom. The van der Waals surface area contributed by atoms with Gasteiger partial charge in [-0.1, -0.05) is 13.3 Å². The number of nitrogens with zero attached hydrogens (tertiary/aromatic N) is 2. The molecular weight excluding hydrogens is 284 g/mol. The van der Waals surface area contributed by atoms with Crippen LogP contribution in [0.3, 0.4) is 0 Å². The molecule has 2 N–H and O–H groups in total. The summed E-state index contributed by atoms with van der Waals surface area (Å²) in [6.07, 6.45) is 2.95. The molecule has 0 aromatic carbocycles. The zero-order valence-corrected chi connectivity index (χ0v) is 13.2. The molecule has 1 aliphatic heterocycles. The number of pyridine rings is 1. The van der Waals surface area contributed by atoms with Crippen LogP contribution >= 0.6 is 0 Å². The Morgan fingerprint density at radius 1 is 1.59 bits per heavy atom. The average molecular weight is 308 g/mol. The van der Waals surface area contributed by atoms with E-state index in [1.54, 1.807) is 24.1 Å². The van der Waals surface area contributed by atoms with E-state index in [0.717, 1.165) is 6.42 Å². The fourth-order valence-electron chi connectivity index (χ4n) is 3.12. The van der Waals surface area contributed by atoms with Crippen molar-refractivity contribution in [1.82, 2.24) is 9.88 Å². The molecule has 0 saturated carbocycles. The summed E-state index contributed by atoms with van der Waals surface area (Å²) in [4.78, 5) is 18.4. The van der Waals surface area contributed by atoms with Crippen molar-refractivity contribution in [3.63, 3.8) is 0 Å². The van der Waals surface area contributed by atoms with Crippen molar-refractivity contribution in [3.8, 4) is 5.75 Å². The molecule has 1 aromatic heterocycles. The van der Waals surface area contributed by atoms with Crippen LogP contribution in [0.15, 0.2) is 18.3 Å². The Bertz CT molecular complexity index is 523. The van der Waals surface area contributed by atoms with Gasteiger partial charge in [0.1, 0.15) is 11.4 Å². The molecule has 2 rings (SSSR count). The Balaban J connectivity index is 2.19. The van der Waals surface area contributed by atoms with E-state index in [0.29, 0.717) is 37.4 Å². The van der Waals surface area contributed by atoms with E-state index >= 15 is 0 Å². The fourth-order valence-corrected chi connectivity index (χ4v) is 3.12. The monoisotopic (exact) mass is 308 g/mol. The van der Waals surface area contributed by atoms with Gasteiger partial charge in [-0.3, -0.25) is 9.78 Å². The number of ether oxygens (including phenoxy) is 1. The minimum absolute atomic E-state index is 0.128. The van der Waals surface area contributed by atoms with Gasteiger partial charge in [0.2, 0.25) is 0 Å². The highest BCUT2D eigenvalue weighted by Gasteiger charge is 2.43. The molecule has 2 heterocycles. The molecule has 22 heavy (non-hydrogen) atoms. The number of carbonyl (C=O) groups is 1. The fraction of sp³-hybridized carbons (Fsp3) is 0.625. The standard InChI is InChI=1S/C16H24N2O4/c1-3-6-16(11-19)10-18(8-5-14(16)20)15(21)13-9-12(22-2)4-7-17-13/h4,7,9,14,19-20H,3,5-6,8,10-11H2,1-2H3/t14-,16-/m0/s1. The van der Waals surface area contributed by atoms with Crippen molar-refractivity contribution in [2.24, 2.45) is 5.41 Å². The first-order valence-electron chi connectivity index (χ1n) is 7.64. The van der Waals surface area contributed by atoms with Crippen LogP contribution in [0, 0.1) is 5.41 Å². The number of piperidine rings is 1. The third-order valence-corrected chi connectivity index (χ3v) is 4.42. The van der Waals surface area contributed by atoms with Gasteiger partial charge in [0.25, 0.3) is 5.91 Å². The van der Waals surface area contributed by atoms with Crippen LogP contribution in [0.4, 0.5) is 0 Å². The smallest absolute Gasteiger partial charge is 0.272 e. The summed E-state index contributed by atoms with van der Waals surface area (Å²) in [6.45, 7) is 2.69. The topological polar surface area (TPSA) is 82.9 Å². The van der Waals surface area contributed by atoms with Crippen LogP contribution in [-0.4, -0.2) is 58.9 Å². The second kappa shape index (κ2) is 7.07. The van der Waals surface area contributed by atoms with Gasteiger partial charge in [-0.2, -0.15) is 0 Å². The van der Waals surface area contributed by atoms with E-state index in [9.17, 15) is 15.0 Å². The second-order valence-corrected chi connectivity index (χ2v) is 5.88. The molecule has 0 aliphatic carbocycles. The van der Waals surface area contributed by atoms with Gasteiger partial charge in [0.15, 0.2) is 0 Å². The van der Waals surface area contributed by atoms with Crippen LogP contribution in [0.25, 0.3) is 0 Å². The lowest BCUT2D eigenvalue weighted by molar-refractivity contribution is -0.0721. The number of hydrogen-bond acceptors (Lipinski definition) is 5. The minimum atomic E-state index is -0.637. The lowest BCUT2D eigenvalue weighted by Crippen LogP contribution is -2.55. The molecule has 1 aromatic rings. The van der Waals surface area contributed by atoms with Crippen molar-refractivity contribution in [2.45, 2.75) is 32.3 Å². The minimum Gasteiger partial charge on any atom is -0.497 e. The summed E-state index contributed by atoms with van der Waals surface area (Å²) in [6, 6.07) is 3.29. The molecule has 0 radical (unpaired) electrons. The Hall–Kier alpha value is -1.66. The van der Waals surface area contributed by atoms with Gasteiger partial charge in [0, 0.05) is 30.8 Å². The number of carbonyl (C=O) groups excluding carboxylic acids is 1. The highest BCUT2D eigenvalue weighted by Crippen LogP contribution is 2.35. The van der Waals surface area contributed by atoms with E-state index < -0.39 is 11.5 Å². The first-order valence-corrected chi connectivity index (χ1v) is 7.64. The molecule has 1 saturated heterocycles. The van der Waals surface area contributed by atoms with E-state index in [1.807, 2.05) is 6.92 Å². The maximum Gasteiger partial charge on any atom is 0.272 e. The SMILES string of the molecule is CCC[C@@]1(CO)CN(C(=O)c2cc(OC)ccn2)CC[C@@H]1O. The normalized spacial score (nSPS) is 25.1. The van der Waals surface area contributed by atoms with Gasteiger partial charge in [0.05, 0.1) is 19.8 Å². The number of aromatic nitrogens is 1. The summed E-state index contributed by atoms with van der Waals surface area (Å²) in [5.41, 5.74) is -0.319. The molecule has 6 heteroatoms. The average Bonchev–Trinajstić information content (AvgIpc) is 2.56. The lowest BCUT2D eigenvalue weighted by Gasteiger charge is -2.45. The Morgan fingerprint density at radius 3 is 3.00 bits per heavy atom. The summed E-state index contributed by atoms with van der Waals surface area (Å²) >= 11 is 0. The largest absolute Gasteiger partial charge is 0.497 e. The molecule has 1 fully saturated rings. The van der Waals surface area contributed by atoms with Crippen LogP contribution in [-0.2, 0) is 0 Å². The number of aliphatic hydroxyl groups is 2. The van der Waals surface area contributed by atoms with Gasteiger partial charge >= 0.3 is 0 Å². The Kier molecular flexibility index (Phi) is 5.37. The highest BCUT2D eigenvalue weighted by molar-refractivity contribution is 5.92. The maximum atomic E-state index is 12.6. The van der Waals surface area contributed by atoms with Crippen LogP contribution in [0.5, 0.6) is 5.75 Å². The molecule has 122 valence electrons. The number of rotatable bonds is 5. The number of aliphatic hydroxyl groups excluding tert-OH is 2. The van der Waals surface area contributed by atoms with Crippen molar-refractivity contribution in [2.75, 3.05) is 26.8 Å². The number of methoxy groups -OCH3 is 1. The van der Waals surface area contributed by atoms with Gasteiger partial charge < -0.3 is 19.8 Å². The first kappa shape index (κ1) is 16.7. The number of likely N-dealkylation sites (tertiary alicyclic amines) is 1. The van der Waals surface area contributed by atoms with Crippen LogP contribution in [0.1, 0.15) is 36.7 Å².